The van der Waals surface area contributed by atoms with Gasteiger partial charge in [0.15, 0.2) is 0 Å². The second kappa shape index (κ2) is 7.96. The molecule has 2 aromatic rings. The SMILES string of the molecule is CCNC(Cc1ccccc1Br)Cc1ccccc1Br. The molecule has 0 unspecified atom stereocenters. The molecular weight excluding hydrogens is 378 g/mol. The number of hydrogen-bond donors (Lipinski definition) is 1. The lowest BCUT2D eigenvalue weighted by molar-refractivity contribution is 0.520. The Morgan fingerprint density at radius 1 is 0.850 bits per heavy atom. The third-order valence-electron chi connectivity index (χ3n) is 3.34. The fourth-order valence-corrected chi connectivity index (χ4v) is 3.26. The molecule has 106 valence electrons. The third-order valence-corrected chi connectivity index (χ3v) is 4.89. The van der Waals surface area contributed by atoms with Crippen LogP contribution < -0.4 is 5.32 Å². The molecule has 20 heavy (non-hydrogen) atoms. The minimum Gasteiger partial charge on any atom is -0.314 e. The monoisotopic (exact) mass is 395 g/mol. The maximum atomic E-state index is 3.64. The van der Waals surface area contributed by atoms with Crippen LogP contribution in [0.3, 0.4) is 0 Å². The van der Waals surface area contributed by atoms with Gasteiger partial charge in [-0.05, 0) is 42.6 Å². The molecular formula is C17H19Br2N. The van der Waals surface area contributed by atoms with E-state index in [-0.39, 0.29) is 0 Å². The van der Waals surface area contributed by atoms with Gasteiger partial charge in [0, 0.05) is 15.0 Å². The molecule has 0 atom stereocenters. The van der Waals surface area contributed by atoms with Crippen molar-refractivity contribution < 1.29 is 0 Å². The summed E-state index contributed by atoms with van der Waals surface area (Å²) in [5.41, 5.74) is 2.70. The van der Waals surface area contributed by atoms with Crippen LogP contribution in [0, 0.1) is 0 Å². The van der Waals surface area contributed by atoms with E-state index in [1.54, 1.807) is 0 Å². The lowest BCUT2D eigenvalue weighted by atomic mass is 9.99. The summed E-state index contributed by atoms with van der Waals surface area (Å²) in [6.45, 7) is 3.15. The summed E-state index contributed by atoms with van der Waals surface area (Å²) in [5, 5.41) is 3.59. The molecule has 0 aliphatic rings. The first-order chi connectivity index (χ1) is 9.70. The van der Waals surface area contributed by atoms with E-state index in [1.165, 1.54) is 20.1 Å². The highest BCUT2D eigenvalue weighted by atomic mass is 79.9. The van der Waals surface area contributed by atoms with Gasteiger partial charge in [-0.25, -0.2) is 0 Å². The van der Waals surface area contributed by atoms with Crippen LogP contribution in [0.25, 0.3) is 0 Å². The van der Waals surface area contributed by atoms with Crippen LogP contribution in [-0.4, -0.2) is 12.6 Å². The first kappa shape index (κ1) is 15.7. The zero-order chi connectivity index (χ0) is 14.4. The van der Waals surface area contributed by atoms with Crippen molar-refractivity contribution in [3.8, 4) is 0 Å². The summed E-state index contributed by atoms with van der Waals surface area (Å²) < 4.78 is 2.38. The van der Waals surface area contributed by atoms with Crippen LogP contribution in [0.15, 0.2) is 57.5 Å². The van der Waals surface area contributed by atoms with Crippen molar-refractivity contribution >= 4 is 31.9 Å². The fraction of sp³-hybridized carbons (Fsp3) is 0.294. The topological polar surface area (TPSA) is 12.0 Å². The Morgan fingerprint density at radius 2 is 1.30 bits per heavy atom. The summed E-state index contributed by atoms with van der Waals surface area (Å²) in [4.78, 5) is 0. The van der Waals surface area contributed by atoms with Gasteiger partial charge in [0.2, 0.25) is 0 Å². The molecule has 0 saturated heterocycles. The Hall–Kier alpha value is -0.640. The van der Waals surface area contributed by atoms with E-state index in [2.05, 4.69) is 92.6 Å². The molecule has 2 aromatic carbocycles. The number of halogens is 2. The second-order valence-electron chi connectivity index (χ2n) is 4.85. The predicted molar refractivity (Wildman–Crippen MR) is 93.2 cm³/mol. The highest BCUT2D eigenvalue weighted by molar-refractivity contribution is 9.10. The zero-order valence-electron chi connectivity index (χ0n) is 11.6. The van der Waals surface area contributed by atoms with Crippen molar-refractivity contribution in [2.75, 3.05) is 6.54 Å². The number of rotatable bonds is 6. The first-order valence-corrected chi connectivity index (χ1v) is 8.49. The Labute approximate surface area is 138 Å². The predicted octanol–water partition coefficient (Wildman–Crippen LogP) is 4.97. The number of hydrogen-bond acceptors (Lipinski definition) is 1. The number of likely N-dealkylation sites (N-methyl/N-ethyl adjacent to an activating group) is 1. The van der Waals surface area contributed by atoms with Crippen LogP contribution in [0.1, 0.15) is 18.1 Å². The van der Waals surface area contributed by atoms with Gasteiger partial charge in [-0.15, -0.1) is 0 Å². The molecule has 0 fully saturated rings. The summed E-state index contributed by atoms with van der Waals surface area (Å²) in [6, 6.07) is 17.4. The maximum Gasteiger partial charge on any atom is 0.0207 e. The molecule has 0 aromatic heterocycles. The van der Waals surface area contributed by atoms with Crippen LogP contribution >= 0.6 is 31.9 Å². The Kier molecular flexibility index (Phi) is 6.27. The summed E-state index contributed by atoms with van der Waals surface area (Å²) in [5.74, 6) is 0. The summed E-state index contributed by atoms with van der Waals surface area (Å²) in [7, 11) is 0. The molecule has 2 rings (SSSR count). The van der Waals surface area contributed by atoms with E-state index in [0.29, 0.717) is 6.04 Å². The van der Waals surface area contributed by atoms with E-state index in [9.17, 15) is 0 Å². The van der Waals surface area contributed by atoms with Gasteiger partial charge in [0.1, 0.15) is 0 Å². The standard InChI is InChI=1S/C17H19Br2N/c1-2-20-15(11-13-7-3-5-9-16(13)18)12-14-8-4-6-10-17(14)19/h3-10,15,20H,2,11-12H2,1H3. The summed E-state index contributed by atoms with van der Waals surface area (Å²) >= 11 is 7.28. The van der Waals surface area contributed by atoms with Gasteiger partial charge in [0.25, 0.3) is 0 Å². The van der Waals surface area contributed by atoms with E-state index in [1.807, 2.05) is 0 Å². The van der Waals surface area contributed by atoms with Crippen LogP contribution in [0.2, 0.25) is 0 Å². The zero-order valence-corrected chi connectivity index (χ0v) is 14.7. The average Bonchev–Trinajstić information content (AvgIpc) is 2.44. The lowest BCUT2D eigenvalue weighted by Gasteiger charge is -2.19. The van der Waals surface area contributed by atoms with Crippen LogP contribution in [0.4, 0.5) is 0 Å². The molecule has 0 aliphatic carbocycles. The molecule has 0 bridgehead atoms. The molecule has 1 nitrogen and oxygen atoms in total. The maximum absolute atomic E-state index is 3.64. The average molecular weight is 397 g/mol. The van der Waals surface area contributed by atoms with Crippen molar-refractivity contribution in [2.45, 2.75) is 25.8 Å². The highest BCUT2D eigenvalue weighted by Crippen LogP contribution is 2.21. The van der Waals surface area contributed by atoms with Crippen LogP contribution in [-0.2, 0) is 12.8 Å². The van der Waals surface area contributed by atoms with Gasteiger partial charge in [0.05, 0.1) is 0 Å². The Bertz CT molecular complexity index is 507. The van der Waals surface area contributed by atoms with E-state index in [4.69, 9.17) is 0 Å². The van der Waals surface area contributed by atoms with Gasteiger partial charge in [-0.2, -0.15) is 0 Å². The fourth-order valence-electron chi connectivity index (χ4n) is 2.36. The first-order valence-electron chi connectivity index (χ1n) is 6.91. The normalized spacial score (nSPS) is 11.0. The van der Waals surface area contributed by atoms with Crippen molar-refractivity contribution in [1.29, 1.82) is 0 Å². The summed E-state index contributed by atoms with van der Waals surface area (Å²) in [6.07, 6.45) is 2.05. The molecule has 0 heterocycles. The molecule has 0 saturated carbocycles. The number of benzene rings is 2. The smallest absolute Gasteiger partial charge is 0.0207 e. The van der Waals surface area contributed by atoms with Gasteiger partial charge in [-0.1, -0.05) is 75.2 Å². The molecule has 0 amide bonds. The van der Waals surface area contributed by atoms with Gasteiger partial charge >= 0.3 is 0 Å². The van der Waals surface area contributed by atoms with Gasteiger partial charge in [-0.3, -0.25) is 0 Å². The molecule has 1 N–H and O–H groups in total. The minimum absolute atomic E-state index is 0.442. The van der Waals surface area contributed by atoms with Crippen molar-refractivity contribution in [1.82, 2.24) is 5.32 Å². The second-order valence-corrected chi connectivity index (χ2v) is 6.55. The molecule has 3 heteroatoms. The van der Waals surface area contributed by atoms with E-state index in [0.717, 1.165) is 19.4 Å². The largest absolute Gasteiger partial charge is 0.314 e. The Balaban J connectivity index is 2.12. The van der Waals surface area contributed by atoms with Crippen LogP contribution in [0.5, 0.6) is 0 Å². The highest BCUT2D eigenvalue weighted by Gasteiger charge is 2.12. The lowest BCUT2D eigenvalue weighted by Crippen LogP contribution is -2.33. The van der Waals surface area contributed by atoms with Gasteiger partial charge < -0.3 is 5.32 Å². The Morgan fingerprint density at radius 3 is 1.70 bits per heavy atom. The minimum atomic E-state index is 0.442. The van der Waals surface area contributed by atoms with Crippen molar-refractivity contribution in [3.05, 3.63) is 68.6 Å². The molecule has 0 spiro atoms. The van der Waals surface area contributed by atoms with Crippen molar-refractivity contribution in [3.63, 3.8) is 0 Å². The van der Waals surface area contributed by atoms with E-state index >= 15 is 0 Å². The molecule has 0 radical (unpaired) electrons. The third kappa shape index (κ3) is 4.44. The van der Waals surface area contributed by atoms with Crippen molar-refractivity contribution in [2.24, 2.45) is 0 Å². The number of nitrogens with one attached hydrogen (secondary N) is 1. The van der Waals surface area contributed by atoms with E-state index < -0.39 is 0 Å². The molecule has 0 aliphatic heterocycles. The quantitative estimate of drug-likeness (QED) is 0.726.